The van der Waals surface area contributed by atoms with Gasteiger partial charge in [0.1, 0.15) is 17.1 Å². The van der Waals surface area contributed by atoms with Crippen molar-refractivity contribution < 1.29 is 23.6 Å². The molecule has 32 heavy (non-hydrogen) atoms. The van der Waals surface area contributed by atoms with E-state index >= 15 is 0 Å². The van der Waals surface area contributed by atoms with Crippen molar-refractivity contribution >= 4 is 51.3 Å². The van der Waals surface area contributed by atoms with Crippen molar-refractivity contribution in [3.8, 4) is 11.3 Å². The smallest absolute Gasteiger partial charge is 0.335 e. The molecule has 4 amide bonds. The van der Waals surface area contributed by atoms with Crippen LogP contribution in [0.5, 0.6) is 0 Å². The largest absolute Gasteiger partial charge is 0.457 e. The number of barbiturate groups is 1. The Bertz CT molecular complexity index is 1300. The van der Waals surface area contributed by atoms with Crippen molar-refractivity contribution in [1.29, 1.82) is 0 Å². The summed E-state index contributed by atoms with van der Waals surface area (Å²) < 4.78 is 6.60. The van der Waals surface area contributed by atoms with Gasteiger partial charge in [0.2, 0.25) is 0 Å². The van der Waals surface area contributed by atoms with E-state index < -0.39 is 17.8 Å². The maximum atomic E-state index is 13.0. The molecule has 4 rings (SSSR count). The molecule has 0 radical (unpaired) electrons. The van der Waals surface area contributed by atoms with E-state index in [4.69, 9.17) is 4.42 Å². The van der Waals surface area contributed by atoms with Crippen molar-refractivity contribution in [3.05, 3.63) is 81.5 Å². The first kappa shape index (κ1) is 21.5. The molecule has 0 unspecified atom stereocenters. The highest BCUT2D eigenvalue weighted by molar-refractivity contribution is 9.10. The summed E-state index contributed by atoms with van der Waals surface area (Å²) >= 11 is 3.38. The summed E-state index contributed by atoms with van der Waals surface area (Å²) in [6.45, 7) is 3.32. The van der Waals surface area contributed by atoms with Gasteiger partial charge >= 0.3 is 6.03 Å². The summed E-state index contributed by atoms with van der Waals surface area (Å²) in [6.07, 6.45) is 1.30. The Hall–Kier alpha value is -3.78. The minimum Gasteiger partial charge on any atom is -0.457 e. The second-order valence-corrected chi connectivity index (χ2v) is 8.08. The zero-order valence-corrected chi connectivity index (χ0v) is 18.7. The van der Waals surface area contributed by atoms with E-state index in [2.05, 4.69) is 21.2 Å². The second-order valence-electron chi connectivity index (χ2n) is 7.23. The number of carbonyl (C=O) groups excluding carboxylic acids is 4. The third-order valence-corrected chi connectivity index (χ3v) is 5.88. The number of Topliss-reactive ketones (excluding diaryl/α,β-unsaturated/α-hetero) is 1. The SMILES string of the molecule is CC(=O)c1ccc(-c2ccc(/C=C3\C(=O)NC(=O)N(c4ccc(Br)c(C)c4)C3=O)o2)cc1. The van der Waals surface area contributed by atoms with Crippen LogP contribution in [0.2, 0.25) is 0 Å². The van der Waals surface area contributed by atoms with E-state index in [9.17, 15) is 19.2 Å². The van der Waals surface area contributed by atoms with Crippen LogP contribution in [-0.2, 0) is 9.59 Å². The van der Waals surface area contributed by atoms with Crippen LogP contribution < -0.4 is 10.2 Å². The van der Waals surface area contributed by atoms with Crippen molar-refractivity contribution in [1.82, 2.24) is 5.32 Å². The Morgan fingerprint density at radius 1 is 1.03 bits per heavy atom. The molecule has 1 N–H and O–H groups in total. The molecule has 1 aliphatic rings. The molecule has 0 atom stereocenters. The molecule has 0 saturated carbocycles. The van der Waals surface area contributed by atoms with E-state index in [0.29, 0.717) is 17.0 Å². The molecule has 1 fully saturated rings. The van der Waals surface area contributed by atoms with Crippen molar-refractivity contribution in [2.75, 3.05) is 4.90 Å². The monoisotopic (exact) mass is 492 g/mol. The van der Waals surface area contributed by atoms with Gasteiger partial charge in [-0.05, 0) is 55.8 Å². The van der Waals surface area contributed by atoms with Gasteiger partial charge in [0.05, 0.1) is 5.69 Å². The van der Waals surface area contributed by atoms with Crippen LogP contribution in [0.15, 0.2) is 69.1 Å². The topological polar surface area (TPSA) is 96.7 Å². The third-order valence-electron chi connectivity index (χ3n) is 4.99. The molecule has 7 nitrogen and oxygen atoms in total. The molecular formula is C24H17BrN2O5. The van der Waals surface area contributed by atoms with Gasteiger partial charge in [-0.15, -0.1) is 0 Å². The highest BCUT2D eigenvalue weighted by Gasteiger charge is 2.37. The Morgan fingerprint density at radius 3 is 2.41 bits per heavy atom. The number of ketones is 1. The fraction of sp³-hybridized carbons (Fsp3) is 0.0833. The molecule has 1 aliphatic heterocycles. The number of nitrogens with one attached hydrogen (secondary N) is 1. The van der Waals surface area contributed by atoms with Crippen molar-refractivity contribution in [2.24, 2.45) is 0 Å². The Labute approximate surface area is 191 Å². The number of hydrogen-bond acceptors (Lipinski definition) is 5. The number of hydrogen-bond donors (Lipinski definition) is 1. The van der Waals surface area contributed by atoms with Gasteiger partial charge in [0.25, 0.3) is 11.8 Å². The van der Waals surface area contributed by atoms with Crippen LogP contribution in [0.25, 0.3) is 17.4 Å². The molecular weight excluding hydrogens is 476 g/mol. The van der Waals surface area contributed by atoms with Gasteiger partial charge in [-0.2, -0.15) is 0 Å². The van der Waals surface area contributed by atoms with Gasteiger partial charge in [-0.3, -0.25) is 19.7 Å². The minimum atomic E-state index is -0.815. The lowest BCUT2D eigenvalue weighted by atomic mass is 10.1. The zero-order valence-electron chi connectivity index (χ0n) is 17.1. The number of nitrogens with zero attached hydrogens (tertiary/aromatic N) is 1. The fourth-order valence-corrected chi connectivity index (χ4v) is 3.50. The van der Waals surface area contributed by atoms with Crippen LogP contribution >= 0.6 is 15.9 Å². The molecule has 0 spiro atoms. The van der Waals surface area contributed by atoms with Gasteiger partial charge in [0, 0.05) is 15.6 Å². The third kappa shape index (κ3) is 4.04. The predicted octanol–water partition coefficient (Wildman–Crippen LogP) is 4.89. The fourth-order valence-electron chi connectivity index (χ4n) is 3.26. The summed E-state index contributed by atoms with van der Waals surface area (Å²) in [4.78, 5) is 50.1. The molecule has 2 aromatic carbocycles. The summed E-state index contributed by atoms with van der Waals surface area (Å²) in [7, 11) is 0. The lowest BCUT2D eigenvalue weighted by Crippen LogP contribution is -2.54. The number of urea groups is 1. The minimum absolute atomic E-state index is 0.0386. The molecule has 3 aromatic rings. The lowest BCUT2D eigenvalue weighted by Gasteiger charge is -2.26. The molecule has 2 heterocycles. The molecule has 1 saturated heterocycles. The second kappa shape index (κ2) is 8.39. The van der Waals surface area contributed by atoms with Crippen LogP contribution in [0.3, 0.4) is 0 Å². The predicted molar refractivity (Wildman–Crippen MR) is 122 cm³/mol. The average Bonchev–Trinajstić information content (AvgIpc) is 3.22. The van der Waals surface area contributed by atoms with E-state index in [1.807, 2.05) is 6.92 Å². The standard InChI is InChI=1S/C24H17BrN2O5/c1-13-11-17(7-9-20(13)25)27-23(30)19(22(29)26-24(27)31)12-18-8-10-21(32-18)16-5-3-15(4-6-16)14(2)28/h3-12H,1-2H3,(H,26,29,31)/b19-12+. The van der Waals surface area contributed by atoms with Crippen molar-refractivity contribution in [2.45, 2.75) is 13.8 Å². The molecule has 1 aromatic heterocycles. The maximum Gasteiger partial charge on any atom is 0.335 e. The number of halogens is 1. The van der Waals surface area contributed by atoms with Crippen LogP contribution in [-0.4, -0.2) is 23.6 Å². The van der Waals surface area contributed by atoms with Crippen LogP contribution in [0.1, 0.15) is 28.6 Å². The number of aryl methyl sites for hydroxylation is 1. The van der Waals surface area contributed by atoms with E-state index in [0.717, 1.165) is 20.5 Å². The molecule has 8 heteroatoms. The normalized spacial score (nSPS) is 15.3. The van der Waals surface area contributed by atoms with Gasteiger partial charge < -0.3 is 4.42 Å². The van der Waals surface area contributed by atoms with E-state index in [1.54, 1.807) is 54.6 Å². The van der Waals surface area contributed by atoms with Crippen LogP contribution in [0, 0.1) is 6.92 Å². The Kier molecular flexibility index (Phi) is 5.63. The summed E-state index contributed by atoms with van der Waals surface area (Å²) in [6, 6.07) is 14.4. The first-order chi connectivity index (χ1) is 15.2. The summed E-state index contributed by atoms with van der Waals surface area (Å²) in [5.74, 6) is -0.802. The summed E-state index contributed by atoms with van der Waals surface area (Å²) in [5.41, 5.74) is 2.27. The quantitative estimate of drug-likeness (QED) is 0.317. The molecule has 160 valence electrons. The van der Waals surface area contributed by atoms with E-state index in [-0.39, 0.29) is 17.1 Å². The lowest BCUT2D eigenvalue weighted by molar-refractivity contribution is -0.122. The number of carbonyl (C=O) groups is 4. The van der Waals surface area contributed by atoms with Gasteiger partial charge in [-0.25, -0.2) is 9.69 Å². The first-order valence-corrected chi connectivity index (χ1v) is 10.4. The summed E-state index contributed by atoms with van der Waals surface area (Å²) in [5, 5.41) is 2.19. The number of furan rings is 1. The number of imide groups is 2. The Morgan fingerprint density at radius 2 is 1.75 bits per heavy atom. The maximum absolute atomic E-state index is 13.0. The van der Waals surface area contributed by atoms with Gasteiger partial charge in [-0.1, -0.05) is 40.2 Å². The molecule has 0 aliphatic carbocycles. The number of rotatable bonds is 4. The number of amides is 4. The Balaban J connectivity index is 1.65. The number of benzene rings is 2. The average molecular weight is 493 g/mol. The van der Waals surface area contributed by atoms with Gasteiger partial charge in [0.15, 0.2) is 5.78 Å². The highest BCUT2D eigenvalue weighted by Crippen LogP contribution is 2.28. The highest BCUT2D eigenvalue weighted by atomic mass is 79.9. The zero-order chi connectivity index (χ0) is 23.0. The van der Waals surface area contributed by atoms with Crippen LogP contribution in [0.4, 0.5) is 10.5 Å². The van der Waals surface area contributed by atoms with Crippen molar-refractivity contribution in [3.63, 3.8) is 0 Å². The number of anilines is 1. The van der Waals surface area contributed by atoms with E-state index in [1.165, 1.54) is 13.0 Å². The first-order valence-electron chi connectivity index (χ1n) is 9.63. The molecule has 0 bridgehead atoms.